The van der Waals surface area contributed by atoms with Gasteiger partial charge in [-0.1, -0.05) is 19.1 Å². The van der Waals surface area contributed by atoms with Crippen molar-refractivity contribution in [3.05, 3.63) is 54.1 Å². The van der Waals surface area contributed by atoms with Crippen molar-refractivity contribution in [2.75, 3.05) is 25.5 Å². The first-order chi connectivity index (χ1) is 15.7. The number of sulfonamides is 1. The molecule has 9 heteroatoms. The van der Waals surface area contributed by atoms with Crippen molar-refractivity contribution in [1.29, 1.82) is 0 Å². The fourth-order valence-corrected chi connectivity index (χ4v) is 5.43. The molecule has 3 rings (SSSR count). The van der Waals surface area contributed by atoms with Crippen LogP contribution in [0.1, 0.15) is 38.7 Å². The van der Waals surface area contributed by atoms with Gasteiger partial charge in [0.1, 0.15) is 5.75 Å². The van der Waals surface area contributed by atoms with E-state index in [0.717, 1.165) is 11.3 Å². The summed E-state index contributed by atoms with van der Waals surface area (Å²) in [6, 6.07) is 13.5. The first-order valence-corrected chi connectivity index (χ1v) is 12.4. The van der Waals surface area contributed by atoms with Crippen molar-refractivity contribution in [2.45, 2.75) is 44.6 Å². The number of ether oxygens (including phenoxy) is 1. The highest BCUT2D eigenvalue weighted by atomic mass is 32.2. The summed E-state index contributed by atoms with van der Waals surface area (Å²) in [7, 11) is -2.17. The lowest BCUT2D eigenvalue weighted by Gasteiger charge is -2.38. The molecule has 0 spiro atoms. The molecule has 2 N–H and O–H groups in total. The molecule has 2 aromatic carbocycles. The van der Waals surface area contributed by atoms with Crippen molar-refractivity contribution in [2.24, 2.45) is 5.41 Å². The second-order valence-corrected chi connectivity index (χ2v) is 10.4. The predicted molar refractivity (Wildman–Crippen MR) is 126 cm³/mol. The van der Waals surface area contributed by atoms with Gasteiger partial charge in [-0.05, 0) is 61.7 Å². The number of piperidine rings is 1. The maximum absolute atomic E-state index is 13.2. The Labute approximate surface area is 195 Å². The summed E-state index contributed by atoms with van der Waals surface area (Å²) >= 11 is 0. The molecule has 2 amide bonds. The maximum atomic E-state index is 13.2. The zero-order valence-corrected chi connectivity index (χ0v) is 20.1. The van der Waals surface area contributed by atoms with Crippen molar-refractivity contribution < 1.29 is 22.7 Å². The molecule has 1 atom stereocenters. The number of hydrogen-bond acceptors (Lipinski definition) is 5. The second-order valence-electron chi connectivity index (χ2n) is 8.46. The predicted octanol–water partition coefficient (Wildman–Crippen LogP) is 3.15. The number of nitrogens with one attached hydrogen (secondary N) is 2. The molecule has 1 aliphatic rings. The molecule has 0 aliphatic carbocycles. The number of hydrogen-bond donors (Lipinski definition) is 2. The normalized spacial score (nSPS) is 19.0. The number of benzene rings is 2. The van der Waals surface area contributed by atoms with E-state index in [-0.39, 0.29) is 23.3 Å². The Kier molecular flexibility index (Phi) is 7.76. The van der Waals surface area contributed by atoms with E-state index in [1.165, 1.54) is 16.4 Å². The van der Waals surface area contributed by atoms with E-state index in [1.54, 1.807) is 33.1 Å². The van der Waals surface area contributed by atoms with Gasteiger partial charge >= 0.3 is 0 Å². The Morgan fingerprint density at radius 1 is 1.09 bits per heavy atom. The summed E-state index contributed by atoms with van der Waals surface area (Å²) in [6.45, 7) is 4.38. The average molecular weight is 474 g/mol. The van der Waals surface area contributed by atoms with Crippen LogP contribution in [0, 0.1) is 5.41 Å². The highest BCUT2D eigenvalue weighted by Crippen LogP contribution is 2.33. The molecule has 0 bridgehead atoms. The van der Waals surface area contributed by atoms with Crippen LogP contribution in [-0.4, -0.2) is 44.7 Å². The van der Waals surface area contributed by atoms with Crippen LogP contribution in [0.15, 0.2) is 53.4 Å². The van der Waals surface area contributed by atoms with E-state index in [2.05, 4.69) is 10.6 Å². The smallest absolute Gasteiger partial charge is 0.243 e. The summed E-state index contributed by atoms with van der Waals surface area (Å²) in [5, 5.41) is 5.65. The minimum Gasteiger partial charge on any atom is -0.497 e. The van der Waals surface area contributed by atoms with Gasteiger partial charge in [-0.2, -0.15) is 4.31 Å². The van der Waals surface area contributed by atoms with Crippen molar-refractivity contribution in [1.82, 2.24) is 9.62 Å². The molecule has 8 nitrogen and oxygen atoms in total. The number of nitrogens with zero attached hydrogens (tertiary/aromatic N) is 1. The quantitative estimate of drug-likeness (QED) is 0.613. The molecule has 178 valence electrons. The number of methoxy groups -OCH3 is 1. The molecule has 1 aliphatic heterocycles. The Morgan fingerprint density at radius 2 is 1.76 bits per heavy atom. The van der Waals surface area contributed by atoms with Crippen LogP contribution in [0.5, 0.6) is 5.75 Å². The van der Waals surface area contributed by atoms with Crippen LogP contribution in [-0.2, 0) is 26.2 Å². The van der Waals surface area contributed by atoms with E-state index < -0.39 is 15.4 Å². The molecule has 0 aromatic heterocycles. The van der Waals surface area contributed by atoms with Gasteiger partial charge in [-0.25, -0.2) is 8.42 Å². The van der Waals surface area contributed by atoms with Crippen LogP contribution in [0.4, 0.5) is 5.69 Å². The lowest BCUT2D eigenvalue weighted by Crippen LogP contribution is -2.51. The molecule has 33 heavy (non-hydrogen) atoms. The zero-order valence-electron chi connectivity index (χ0n) is 19.3. The van der Waals surface area contributed by atoms with E-state index in [4.69, 9.17) is 4.74 Å². The number of amides is 2. The SMILES string of the molecule is CCC(=O)Nc1ccc(S(=O)(=O)N2CCC[C@](C)(C(=O)NCc3ccc(OC)cc3)C2)cc1. The number of anilines is 1. The molecule has 1 saturated heterocycles. The summed E-state index contributed by atoms with van der Waals surface area (Å²) in [5.41, 5.74) is 0.651. The van der Waals surface area contributed by atoms with Gasteiger partial charge in [0, 0.05) is 31.7 Å². The van der Waals surface area contributed by atoms with Gasteiger partial charge < -0.3 is 15.4 Å². The Balaban J connectivity index is 1.67. The van der Waals surface area contributed by atoms with Crippen LogP contribution >= 0.6 is 0 Å². The van der Waals surface area contributed by atoms with Crippen LogP contribution < -0.4 is 15.4 Å². The van der Waals surface area contributed by atoms with Gasteiger partial charge in [-0.15, -0.1) is 0 Å². The third-order valence-corrected chi connectivity index (χ3v) is 7.78. The van der Waals surface area contributed by atoms with E-state index >= 15 is 0 Å². The molecular weight excluding hydrogens is 442 g/mol. The van der Waals surface area contributed by atoms with Crippen LogP contribution in [0.3, 0.4) is 0 Å². The fraction of sp³-hybridized carbons (Fsp3) is 0.417. The summed E-state index contributed by atoms with van der Waals surface area (Å²) in [4.78, 5) is 24.7. The lowest BCUT2D eigenvalue weighted by atomic mass is 9.82. The minimum absolute atomic E-state index is 0.109. The zero-order chi connectivity index (χ0) is 24.1. The second kappa shape index (κ2) is 10.4. The van der Waals surface area contributed by atoms with E-state index in [9.17, 15) is 18.0 Å². The summed E-state index contributed by atoms with van der Waals surface area (Å²) in [6.07, 6.45) is 1.54. The molecule has 2 aromatic rings. The lowest BCUT2D eigenvalue weighted by molar-refractivity contribution is -0.132. The highest BCUT2D eigenvalue weighted by Gasteiger charge is 2.41. The van der Waals surface area contributed by atoms with Gasteiger partial charge in [0.2, 0.25) is 21.8 Å². The Hall–Kier alpha value is -2.91. The number of rotatable bonds is 8. The van der Waals surface area contributed by atoms with Crippen molar-refractivity contribution >= 4 is 27.5 Å². The molecule has 0 radical (unpaired) electrons. The first-order valence-electron chi connectivity index (χ1n) is 11.0. The molecular formula is C24H31N3O5S. The Bertz CT molecular complexity index is 1080. The molecule has 1 fully saturated rings. The minimum atomic E-state index is -3.77. The van der Waals surface area contributed by atoms with Gasteiger partial charge in [0.15, 0.2) is 0 Å². The average Bonchev–Trinajstić information content (AvgIpc) is 2.83. The summed E-state index contributed by atoms with van der Waals surface area (Å²) < 4.78 is 33.0. The molecule has 0 unspecified atom stereocenters. The molecule has 0 saturated carbocycles. The van der Waals surface area contributed by atoms with E-state index in [0.29, 0.717) is 38.0 Å². The standard InChI is InChI=1S/C24H31N3O5S/c1-4-22(28)26-19-8-12-21(13-9-19)33(30,31)27-15-5-14-24(2,17-27)23(29)25-16-18-6-10-20(32-3)11-7-18/h6-13H,4-5,14-17H2,1-3H3,(H,25,29)(H,26,28)/t24-/m0/s1. The number of carbonyl (C=O) groups excluding carboxylic acids is 2. The summed E-state index contributed by atoms with van der Waals surface area (Å²) in [5.74, 6) is 0.430. The third kappa shape index (κ3) is 5.91. The van der Waals surface area contributed by atoms with Gasteiger partial charge in [0.05, 0.1) is 17.4 Å². The van der Waals surface area contributed by atoms with Crippen molar-refractivity contribution in [3.8, 4) is 5.75 Å². The highest BCUT2D eigenvalue weighted by molar-refractivity contribution is 7.89. The van der Waals surface area contributed by atoms with Gasteiger partial charge in [0.25, 0.3) is 0 Å². The topological polar surface area (TPSA) is 105 Å². The fourth-order valence-electron chi connectivity index (χ4n) is 3.83. The first kappa shape index (κ1) is 24.7. The van der Waals surface area contributed by atoms with E-state index in [1.807, 2.05) is 24.3 Å². The Morgan fingerprint density at radius 3 is 2.36 bits per heavy atom. The van der Waals surface area contributed by atoms with Gasteiger partial charge in [-0.3, -0.25) is 9.59 Å². The third-order valence-electron chi connectivity index (χ3n) is 5.92. The number of carbonyl (C=O) groups is 2. The van der Waals surface area contributed by atoms with Crippen molar-refractivity contribution in [3.63, 3.8) is 0 Å². The monoisotopic (exact) mass is 473 g/mol. The van der Waals surface area contributed by atoms with Crippen LogP contribution in [0.2, 0.25) is 0 Å². The largest absolute Gasteiger partial charge is 0.497 e. The maximum Gasteiger partial charge on any atom is 0.243 e. The molecule has 1 heterocycles. The van der Waals surface area contributed by atoms with Crippen LogP contribution in [0.25, 0.3) is 0 Å².